The molecule has 1 fully saturated rings. The number of benzene rings is 2. The number of hydrogen-bond donors (Lipinski definition) is 2. The molecule has 9 heteroatoms. The molecule has 2 aromatic carbocycles. The number of likely N-dealkylation sites (tertiary alicyclic amines) is 1. The third kappa shape index (κ3) is 6.78. The number of anilines is 1. The average molecular weight is 464 g/mol. The Bertz CT molecular complexity index is 1020. The fourth-order valence-corrected chi connectivity index (χ4v) is 4.72. The largest absolute Gasteiger partial charge is 0.339 e. The van der Waals surface area contributed by atoms with Crippen LogP contribution in [0.25, 0.3) is 0 Å². The van der Waals surface area contributed by atoms with E-state index in [1.54, 1.807) is 36.4 Å². The smallest absolute Gasteiger partial charge is 0.253 e. The Morgan fingerprint density at radius 1 is 0.968 bits per heavy atom. The third-order valence-electron chi connectivity index (χ3n) is 5.06. The highest BCUT2D eigenvalue weighted by atomic mass is 35.5. The Morgan fingerprint density at radius 3 is 2.29 bits per heavy atom. The zero-order valence-electron chi connectivity index (χ0n) is 17.1. The van der Waals surface area contributed by atoms with Gasteiger partial charge in [0.2, 0.25) is 15.9 Å². The van der Waals surface area contributed by atoms with E-state index >= 15 is 0 Å². The van der Waals surface area contributed by atoms with Crippen LogP contribution in [0.5, 0.6) is 0 Å². The summed E-state index contributed by atoms with van der Waals surface area (Å²) in [5, 5.41) is 3.03. The Balaban J connectivity index is 1.48. The Kier molecular flexibility index (Phi) is 8.06. The molecule has 1 saturated heterocycles. The fourth-order valence-electron chi connectivity index (χ4n) is 3.39. The summed E-state index contributed by atoms with van der Waals surface area (Å²) in [6, 6.07) is 12.7. The predicted octanol–water partition coefficient (Wildman–Crippen LogP) is 3.66. The summed E-state index contributed by atoms with van der Waals surface area (Å²) in [7, 11) is -3.74. The normalized spacial score (nSPS) is 14.7. The van der Waals surface area contributed by atoms with Gasteiger partial charge in [-0.15, -0.1) is 0 Å². The number of carbonyl (C=O) groups excluding carboxylic acids is 2. The lowest BCUT2D eigenvalue weighted by Crippen LogP contribution is -2.31. The predicted molar refractivity (Wildman–Crippen MR) is 121 cm³/mol. The zero-order chi connectivity index (χ0) is 22.3. The van der Waals surface area contributed by atoms with Gasteiger partial charge in [-0.3, -0.25) is 9.59 Å². The van der Waals surface area contributed by atoms with Crippen LogP contribution in [0.15, 0.2) is 53.4 Å². The maximum Gasteiger partial charge on any atom is 0.253 e. The molecular weight excluding hydrogens is 438 g/mol. The number of nitrogens with zero attached hydrogens (tertiary/aromatic N) is 1. The average Bonchev–Trinajstić information content (AvgIpc) is 3.03. The van der Waals surface area contributed by atoms with Gasteiger partial charge in [0.1, 0.15) is 0 Å². The first kappa shape index (κ1) is 23.2. The molecule has 0 atom stereocenters. The summed E-state index contributed by atoms with van der Waals surface area (Å²) >= 11 is 5.83. The standard InChI is InChI=1S/C22H26ClN3O4S/c23-18-6-5-7-20(16-18)31(29,30)24-13-12-21(27)25-19-10-8-17(9-11-19)22(28)26-14-3-1-2-4-15-26/h5-11,16,24H,1-4,12-15H2,(H,25,27). The van der Waals surface area contributed by atoms with Crippen LogP contribution in [-0.2, 0) is 14.8 Å². The van der Waals surface area contributed by atoms with Crippen molar-refractivity contribution in [2.45, 2.75) is 37.0 Å². The Hall–Kier alpha value is -2.42. The van der Waals surface area contributed by atoms with Crippen molar-refractivity contribution in [3.8, 4) is 0 Å². The first-order valence-electron chi connectivity index (χ1n) is 10.3. The van der Waals surface area contributed by atoms with Gasteiger partial charge in [0.25, 0.3) is 5.91 Å². The lowest BCUT2D eigenvalue weighted by atomic mass is 10.1. The third-order valence-corrected chi connectivity index (χ3v) is 6.75. The second-order valence-corrected chi connectivity index (χ2v) is 9.64. The second kappa shape index (κ2) is 10.7. The Labute approximate surface area is 187 Å². The molecule has 0 aliphatic carbocycles. The first-order valence-corrected chi connectivity index (χ1v) is 12.2. The van der Waals surface area contributed by atoms with E-state index < -0.39 is 10.0 Å². The molecule has 31 heavy (non-hydrogen) atoms. The number of amides is 2. The van der Waals surface area contributed by atoms with Crippen LogP contribution >= 0.6 is 11.6 Å². The summed E-state index contributed by atoms with van der Waals surface area (Å²) in [4.78, 5) is 26.7. The van der Waals surface area contributed by atoms with Crippen LogP contribution in [0, 0.1) is 0 Å². The van der Waals surface area contributed by atoms with Gasteiger partial charge < -0.3 is 10.2 Å². The monoisotopic (exact) mass is 463 g/mol. The van der Waals surface area contributed by atoms with E-state index in [2.05, 4.69) is 10.0 Å². The van der Waals surface area contributed by atoms with E-state index in [-0.39, 0.29) is 29.7 Å². The van der Waals surface area contributed by atoms with Crippen LogP contribution in [0.4, 0.5) is 5.69 Å². The summed E-state index contributed by atoms with van der Waals surface area (Å²) < 4.78 is 26.9. The number of nitrogens with one attached hydrogen (secondary N) is 2. The molecule has 166 valence electrons. The molecule has 1 aliphatic heterocycles. The first-order chi connectivity index (χ1) is 14.8. The number of hydrogen-bond acceptors (Lipinski definition) is 4. The molecule has 0 spiro atoms. The van der Waals surface area contributed by atoms with Crippen LogP contribution in [0.2, 0.25) is 5.02 Å². The maximum absolute atomic E-state index is 12.6. The van der Waals surface area contributed by atoms with Crippen molar-refractivity contribution in [1.29, 1.82) is 0 Å². The van der Waals surface area contributed by atoms with Gasteiger partial charge in [-0.05, 0) is 55.3 Å². The minimum atomic E-state index is -3.74. The molecule has 0 saturated carbocycles. The summed E-state index contributed by atoms with van der Waals surface area (Å²) in [5.41, 5.74) is 1.14. The van der Waals surface area contributed by atoms with E-state index in [0.29, 0.717) is 16.3 Å². The van der Waals surface area contributed by atoms with Gasteiger partial charge in [0.05, 0.1) is 4.90 Å². The van der Waals surface area contributed by atoms with Crippen LogP contribution in [-0.4, -0.2) is 44.8 Å². The lowest BCUT2D eigenvalue weighted by molar-refractivity contribution is -0.116. The second-order valence-electron chi connectivity index (χ2n) is 7.44. The minimum Gasteiger partial charge on any atom is -0.339 e. The molecule has 0 aromatic heterocycles. The van der Waals surface area contributed by atoms with Crippen molar-refractivity contribution in [1.82, 2.24) is 9.62 Å². The van der Waals surface area contributed by atoms with E-state index in [1.807, 2.05) is 4.90 Å². The summed E-state index contributed by atoms with van der Waals surface area (Å²) in [6.45, 7) is 1.51. The molecule has 3 rings (SSSR count). The van der Waals surface area contributed by atoms with Crippen molar-refractivity contribution in [3.63, 3.8) is 0 Å². The van der Waals surface area contributed by atoms with Gasteiger partial charge in [0.15, 0.2) is 0 Å². The zero-order valence-corrected chi connectivity index (χ0v) is 18.7. The van der Waals surface area contributed by atoms with Gasteiger partial charge in [-0.1, -0.05) is 30.5 Å². The number of carbonyl (C=O) groups is 2. The molecule has 1 aliphatic rings. The maximum atomic E-state index is 12.6. The molecule has 7 nitrogen and oxygen atoms in total. The molecule has 2 N–H and O–H groups in total. The number of halogens is 1. The Morgan fingerprint density at radius 2 is 1.65 bits per heavy atom. The van der Waals surface area contributed by atoms with Crippen LogP contribution in [0.1, 0.15) is 42.5 Å². The van der Waals surface area contributed by atoms with Crippen LogP contribution < -0.4 is 10.0 Å². The van der Waals surface area contributed by atoms with Gasteiger partial charge >= 0.3 is 0 Å². The van der Waals surface area contributed by atoms with Crippen molar-refractivity contribution in [2.75, 3.05) is 25.0 Å². The van der Waals surface area contributed by atoms with Crippen molar-refractivity contribution >= 4 is 39.1 Å². The van der Waals surface area contributed by atoms with E-state index in [1.165, 1.54) is 12.1 Å². The highest BCUT2D eigenvalue weighted by molar-refractivity contribution is 7.89. The van der Waals surface area contributed by atoms with Crippen molar-refractivity contribution in [3.05, 3.63) is 59.1 Å². The lowest BCUT2D eigenvalue weighted by Gasteiger charge is -2.20. The molecular formula is C22H26ClN3O4S. The summed E-state index contributed by atoms with van der Waals surface area (Å²) in [5.74, 6) is -0.324. The molecule has 1 heterocycles. The molecule has 2 aromatic rings. The number of sulfonamides is 1. The van der Waals surface area contributed by atoms with Crippen molar-refractivity contribution in [2.24, 2.45) is 0 Å². The molecule has 2 amide bonds. The van der Waals surface area contributed by atoms with Crippen molar-refractivity contribution < 1.29 is 18.0 Å². The fraction of sp³-hybridized carbons (Fsp3) is 0.364. The molecule has 0 radical (unpaired) electrons. The van der Waals surface area contributed by atoms with E-state index in [4.69, 9.17) is 11.6 Å². The SMILES string of the molecule is O=C(CCNS(=O)(=O)c1cccc(Cl)c1)Nc1ccc(C(=O)N2CCCCCC2)cc1. The van der Waals surface area contributed by atoms with Crippen LogP contribution in [0.3, 0.4) is 0 Å². The van der Waals surface area contributed by atoms with Gasteiger partial charge in [-0.25, -0.2) is 13.1 Å². The summed E-state index contributed by atoms with van der Waals surface area (Å²) in [6.07, 6.45) is 4.34. The van der Waals surface area contributed by atoms with E-state index in [0.717, 1.165) is 38.8 Å². The highest BCUT2D eigenvalue weighted by Gasteiger charge is 2.17. The quantitative estimate of drug-likeness (QED) is 0.654. The van der Waals surface area contributed by atoms with E-state index in [9.17, 15) is 18.0 Å². The van der Waals surface area contributed by atoms with Gasteiger partial charge in [-0.2, -0.15) is 0 Å². The topological polar surface area (TPSA) is 95.6 Å². The molecule has 0 unspecified atom stereocenters. The molecule has 0 bridgehead atoms. The van der Waals surface area contributed by atoms with Gasteiger partial charge in [0, 0.05) is 42.3 Å². The highest BCUT2D eigenvalue weighted by Crippen LogP contribution is 2.17. The number of rotatable bonds is 7. The minimum absolute atomic E-state index is 0.00944.